The molecule has 82 valence electrons. The molecule has 0 fully saturated rings. The number of halogens is 1. The molecular weight excluding hydrogens is 288 g/mol. The van der Waals surface area contributed by atoms with Crippen LogP contribution < -0.4 is 4.74 Å². The highest BCUT2D eigenvalue weighted by atomic mass is 79.9. The zero-order valence-corrected chi connectivity index (χ0v) is 11.0. The lowest BCUT2D eigenvalue weighted by molar-refractivity contribution is 0.104. The minimum Gasteiger partial charge on any atom is -0.497 e. The van der Waals surface area contributed by atoms with Crippen LogP contribution in [0.15, 0.2) is 40.2 Å². The van der Waals surface area contributed by atoms with Crippen molar-refractivity contribution in [3.63, 3.8) is 0 Å². The molecule has 16 heavy (non-hydrogen) atoms. The van der Waals surface area contributed by atoms with E-state index in [4.69, 9.17) is 4.74 Å². The van der Waals surface area contributed by atoms with Gasteiger partial charge in [0.1, 0.15) is 5.75 Å². The number of hydrogen-bond donors (Lipinski definition) is 0. The van der Waals surface area contributed by atoms with Crippen molar-refractivity contribution in [1.82, 2.24) is 0 Å². The smallest absolute Gasteiger partial charge is 0.204 e. The van der Waals surface area contributed by atoms with Gasteiger partial charge in [-0.15, -0.1) is 11.3 Å². The Morgan fingerprint density at radius 2 is 2.19 bits per heavy atom. The van der Waals surface area contributed by atoms with Crippen molar-refractivity contribution in [2.45, 2.75) is 0 Å². The first-order chi connectivity index (χ1) is 7.72. The molecule has 0 aliphatic rings. The quantitative estimate of drug-likeness (QED) is 0.807. The zero-order valence-electron chi connectivity index (χ0n) is 8.57. The molecule has 0 amide bonds. The van der Waals surface area contributed by atoms with E-state index in [2.05, 4.69) is 15.9 Å². The zero-order chi connectivity index (χ0) is 11.5. The molecule has 0 unspecified atom stereocenters. The van der Waals surface area contributed by atoms with Crippen LogP contribution in [-0.4, -0.2) is 12.9 Å². The first-order valence-electron chi connectivity index (χ1n) is 4.64. The molecule has 0 aliphatic carbocycles. The van der Waals surface area contributed by atoms with Gasteiger partial charge in [-0.1, -0.05) is 6.07 Å². The average Bonchev–Trinajstić information content (AvgIpc) is 2.81. The number of hydrogen-bond acceptors (Lipinski definition) is 3. The van der Waals surface area contributed by atoms with Crippen molar-refractivity contribution in [2.24, 2.45) is 0 Å². The summed E-state index contributed by atoms with van der Waals surface area (Å²) in [4.78, 5) is 12.8. The summed E-state index contributed by atoms with van der Waals surface area (Å²) in [5.74, 6) is 0.763. The van der Waals surface area contributed by atoms with E-state index in [1.807, 2.05) is 17.5 Å². The van der Waals surface area contributed by atoms with E-state index in [0.717, 1.165) is 15.1 Å². The molecule has 0 bridgehead atoms. The fraction of sp³-hybridized carbons (Fsp3) is 0.0833. The molecule has 0 saturated heterocycles. The molecule has 0 N–H and O–H groups in total. The maximum atomic E-state index is 12.1. The van der Waals surface area contributed by atoms with Crippen molar-refractivity contribution in [1.29, 1.82) is 0 Å². The van der Waals surface area contributed by atoms with Crippen LogP contribution in [0.1, 0.15) is 15.2 Å². The summed E-state index contributed by atoms with van der Waals surface area (Å²) < 4.78 is 5.84. The molecule has 0 radical (unpaired) electrons. The first kappa shape index (κ1) is 11.4. The van der Waals surface area contributed by atoms with Crippen molar-refractivity contribution >= 4 is 33.0 Å². The lowest BCUT2D eigenvalue weighted by Crippen LogP contribution is -1.99. The van der Waals surface area contributed by atoms with E-state index in [9.17, 15) is 4.79 Å². The van der Waals surface area contributed by atoms with E-state index in [1.54, 1.807) is 25.3 Å². The Bertz CT molecular complexity index is 506. The van der Waals surface area contributed by atoms with Gasteiger partial charge >= 0.3 is 0 Å². The molecule has 0 atom stereocenters. The highest BCUT2D eigenvalue weighted by Crippen LogP contribution is 2.26. The Morgan fingerprint density at radius 1 is 1.38 bits per heavy atom. The van der Waals surface area contributed by atoms with E-state index < -0.39 is 0 Å². The molecule has 1 aromatic carbocycles. The van der Waals surface area contributed by atoms with Crippen LogP contribution >= 0.6 is 27.3 Å². The predicted octanol–water partition coefficient (Wildman–Crippen LogP) is 3.75. The van der Waals surface area contributed by atoms with Crippen LogP contribution in [0.5, 0.6) is 5.75 Å². The molecule has 2 nitrogen and oxygen atoms in total. The number of carbonyl (C=O) groups is 1. The SMILES string of the molecule is COc1ccc(C(=O)c2cccs2)c(Br)c1. The second-order valence-corrected chi connectivity index (χ2v) is 4.95. The minimum atomic E-state index is 0.0320. The van der Waals surface area contributed by atoms with Gasteiger partial charge in [0.05, 0.1) is 12.0 Å². The van der Waals surface area contributed by atoms with E-state index in [1.165, 1.54) is 11.3 Å². The van der Waals surface area contributed by atoms with Gasteiger partial charge in [-0.05, 0) is 45.6 Å². The third-order valence-electron chi connectivity index (χ3n) is 2.17. The van der Waals surface area contributed by atoms with E-state index in [0.29, 0.717) is 5.56 Å². The molecule has 1 heterocycles. The summed E-state index contributed by atoms with van der Waals surface area (Å²) in [5, 5.41) is 1.89. The topological polar surface area (TPSA) is 26.3 Å². The van der Waals surface area contributed by atoms with Gasteiger partial charge in [0.15, 0.2) is 0 Å². The highest BCUT2D eigenvalue weighted by Gasteiger charge is 2.13. The molecule has 2 aromatic rings. The third kappa shape index (κ3) is 2.18. The van der Waals surface area contributed by atoms with Crippen molar-refractivity contribution < 1.29 is 9.53 Å². The van der Waals surface area contributed by atoms with Crippen LogP contribution in [-0.2, 0) is 0 Å². The fourth-order valence-corrected chi connectivity index (χ4v) is 2.56. The summed E-state index contributed by atoms with van der Waals surface area (Å²) in [6.45, 7) is 0. The molecule has 1 aromatic heterocycles. The van der Waals surface area contributed by atoms with Crippen LogP contribution in [0.4, 0.5) is 0 Å². The molecule has 0 spiro atoms. The summed E-state index contributed by atoms with van der Waals surface area (Å²) in [6, 6.07) is 9.04. The van der Waals surface area contributed by atoms with Crippen molar-refractivity contribution in [2.75, 3.05) is 7.11 Å². The molecular formula is C12H9BrO2S. The van der Waals surface area contributed by atoms with Crippen LogP contribution in [0.3, 0.4) is 0 Å². The third-order valence-corrected chi connectivity index (χ3v) is 3.69. The number of benzene rings is 1. The monoisotopic (exact) mass is 296 g/mol. The van der Waals surface area contributed by atoms with Crippen molar-refractivity contribution in [3.05, 3.63) is 50.6 Å². The Balaban J connectivity index is 2.38. The Labute approximate surface area is 106 Å². The van der Waals surface area contributed by atoms with Crippen molar-refractivity contribution in [3.8, 4) is 5.75 Å². The molecule has 4 heteroatoms. The Kier molecular flexibility index (Phi) is 3.41. The van der Waals surface area contributed by atoms with E-state index >= 15 is 0 Å². The van der Waals surface area contributed by atoms with Gasteiger partial charge in [0.2, 0.25) is 5.78 Å². The normalized spacial score (nSPS) is 10.1. The first-order valence-corrected chi connectivity index (χ1v) is 6.31. The Hall–Kier alpha value is -1.13. The summed E-state index contributed by atoms with van der Waals surface area (Å²) in [7, 11) is 1.60. The second kappa shape index (κ2) is 4.80. The molecule has 0 saturated carbocycles. The van der Waals surface area contributed by atoms with Crippen LogP contribution in [0.2, 0.25) is 0 Å². The molecule has 0 aliphatic heterocycles. The van der Waals surface area contributed by atoms with Gasteiger partial charge in [0.25, 0.3) is 0 Å². The van der Waals surface area contributed by atoms with Crippen LogP contribution in [0.25, 0.3) is 0 Å². The van der Waals surface area contributed by atoms with Gasteiger partial charge in [0, 0.05) is 10.0 Å². The standard InChI is InChI=1S/C12H9BrO2S/c1-15-8-4-5-9(10(13)7-8)12(14)11-3-2-6-16-11/h2-7H,1H3. The predicted molar refractivity (Wildman–Crippen MR) is 68.4 cm³/mol. The van der Waals surface area contributed by atoms with E-state index in [-0.39, 0.29) is 5.78 Å². The number of thiophene rings is 1. The lowest BCUT2D eigenvalue weighted by Gasteiger charge is -2.04. The van der Waals surface area contributed by atoms with Crippen LogP contribution in [0, 0.1) is 0 Å². The highest BCUT2D eigenvalue weighted by molar-refractivity contribution is 9.10. The largest absolute Gasteiger partial charge is 0.497 e. The number of rotatable bonds is 3. The summed E-state index contributed by atoms with van der Waals surface area (Å²) in [5.41, 5.74) is 0.656. The number of ketones is 1. The van der Waals surface area contributed by atoms with Gasteiger partial charge in [-0.2, -0.15) is 0 Å². The summed E-state index contributed by atoms with van der Waals surface area (Å²) in [6.07, 6.45) is 0. The number of methoxy groups -OCH3 is 1. The maximum Gasteiger partial charge on any atom is 0.204 e. The fourth-order valence-electron chi connectivity index (χ4n) is 1.35. The lowest BCUT2D eigenvalue weighted by atomic mass is 10.1. The average molecular weight is 297 g/mol. The Morgan fingerprint density at radius 3 is 2.75 bits per heavy atom. The van der Waals surface area contributed by atoms with Gasteiger partial charge < -0.3 is 4.74 Å². The summed E-state index contributed by atoms with van der Waals surface area (Å²) >= 11 is 4.82. The minimum absolute atomic E-state index is 0.0320. The van der Waals surface area contributed by atoms with Gasteiger partial charge in [-0.25, -0.2) is 0 Å². The maximum absolute atomic E-state index is 12.1. The van der Waals surface area contributed by atoms with Gasteiger partial charge in [-0.3, -0.25) is 4.79 Å². The number of carbonyl (C=O) groups excluding carboxylic acids is 1. The second-order valence-electron chi connectivity index (χ2n) is 3.15. The number of ether oxygens (including phenoxy) is 1. The molecule has 2 rings (SSSR count).